The van der Waals surface area contributed by atoms with E-state index in [2.05, 4.69) is 30.6 Å². The van der Waals surface area contributed by atoms with Gasteiger partial charge in [-0.05, 0) is 24.3 Å². The van der Waals surface area contributed by atoms with E-state index in [1.807, 2.05) is 0 Å². The van der Waals surface area contributed by atoms with Crippen LogP contribution in [0, 0.1) is 17.2 Å². The van der Waals surface area contributed by atoms with E-state index in [1.165, 1.54) is 6.07 Å². The Bertz CT molecular complexity index is 1030. The number of hydrogen-bond donors (Lipinski definition) is 3. The molecule has 160 valence electrons. The van der Waals surface area contributed by atoms with Crippen LogP contribution >= 0.6 is 0 Å². The second kappa shape index (κ2) is 7.27. The number of nitrogens with zero attached hydrogens (tertiary/aromatic N) is 4. The number of alkyl halides is 3. The SMILES string of the molecule is CC(C)(C)C1(N)N=C(Nc2ccnc(C(F)(F)F)c2)N=C(c2nc(F)ccc2F)N1. The molecule has 2 aromatic heterocycles. The molecule has 0 saturated heterocycles. The zero-order valence-corrected chi connectivity index (χ0v) is 16.1. The number of amidine groups is 1. The summed E-state index contributed by atoms with van der Waals surface area (Å²) in [5.41, 5.74) is 3.98. The van der Waals surface area contributed by atoms with Crippen LogP contribution in [0.15, 0.2) is 40.4 Å². The first-order valence-corrected chi connectivity index (χ1v) is 8.67. The van der Waals surface area contributed by atoms with E-state index in [-0.39, 0.29) is 17.5 Å². The third kappa shape index (κ3) is 4.37. The number of pyridine rings is 2. The highest BCUT2D eigenvalue weighted by molar-refractivity contribution is 6.10. The van der Waals surface area contributed by atoms with Crippen molar-refractivity contribution < 1.29 is 22.0 Å². The van der Waals surface area contributed by atoms with Crippen molar-refractivity contribution in [2.45, 2.75) is 32.7 Å². The minimum absolute atomic E-state index is 0.0231. The van der Waals surface area contributed by atoms with Gasteiger partial charge in [-0.3, -0.25) is 10.7 Å². The number of nitrogens with two attached hydrogens (primary N) is 1. The Balaban J connectivity index is 2.06. The second-order valence-corrected chi connectivity index (χ2v) is 7.55. The van der Waals surface area contributed by atoms with Gasteiger partial charge in [0.2, 0.25) is 11.9 Å². The number of anilines is 1. The van der Waals surface area contributed by atoms with Gasteiger partial charge in [0.05, 0.1) is 0 Å². The smallest absolute Gasteiger partial charge is 0.331 e. The van der Waals surface area contributed by atoms with Gasteiger partial charge in [-0.2, -0.15) is 22.6 Å². The van der Waals surface area contributed by atoms with Crippen LogP contribution in [-0.4, -0.2) is 27.5 Å². The maximum Gasteiger partial charge on any atom is 0.433 e. The van der Waals surface area contributed by atoms with Gasteiger partial charge in [-0.25, -0.2) is 14.4 Å². The molecule has 0 aliphatic carbocycles. The van der Waals surface area contributed by atoms with E-state index < -0.39 is 40.5 Å². The van der Waals surface area contributed by atoms with Crippen LogP contribution in [0.2, 0.25) is 0 Å². The van der Waals surface area contributed by atoms with E-state index in [9.17, 15) is 22.0 Å². The second-order valence-electron chi connectivity index (χ2n) is 7.55. The van der Waals surface area contributed by atoms with Crippen molar-refractivity contribution in [1.29, 1.82) is 0 Å². The summed E-state index contributed by atoms with van der Waals surface area (Å²) in [4.78, 5) is 15.1. The molecule has 30 heavy (non-hydrogen) atoms. The summed E-state index contributed by atoms with van der Waals surface area (Å²) in [6.45, 7) is 5.19. The zero-order chi connectivity index (χ0) is 22.3. The molecule has 0 fully saturated rings. The van der Waals surface area contributed by atoms with E-state index >= 15 is 0 Å². The van der Waals surface area contributed by atoms with E-state index in [0.717, 1.165) is 24.4 Å². The van der Waals surface area contributed by atoms with Crippen LogP contribution in [0.5, 0.6) is 0 Å². The first-order chi connectivity index (χ1) is 13.8. The molecule has 0 radical (unpaired) electrons. The summed E-state index contributed by atoms with van der Waals surface area (Å²) in [7, 11) is 0. The predicted molar refractivity (Wildman–Crippen MR) is 100 cm³/mol. The molecule has 1 unspecified atom stereocenters. The molecule has 12 heteroatoms. The summed E-state index contributed by atoms with van der Waals surface area (Å²) >= 11 is 0. The Morgan fingerprint density at radius 2 is 1.80 bits per heavy atom. The van der Waals surface area contributed by atoms with Crippen molar-refractivity contribution in [2.24, 2.45) is 21.1 Å². The molecule has 4 N–H and O–H groups in total. The first-order valence-electron chi connectivity index (χ1n) is 8.67. The van der Waals surface area contributed by atoms with Gasteiger partial charge in [-0.1, -0.05) is 20.8 Å². The van der Waals surface area contributed by atoms with Gasteiger partial charge in [0.1, 0.15) is 11.4 Å². The number of aromatic nitrogens is 2. The molecule has 0 saturated carbocycles. The lowest BCUT2D eigenvalue weighted by atomic mass is 9.87. The summed E-state index contributed by atoms with van der Waals surface area (Å²) in [5.74, 6) is -3.83. The van der Waals surface area contributed by atoms with Crippen molar-refractivity contribution in [1.82, 2.24) is 15.3 Å². The summed E-state index contributed by atoms with van der Waals surface area (Å²) < 4.78 is 66.6. The van der Waals surface area contributed by atoms with Crippen molar-refractivity contribution >= 4 is 17.5 Å². The van der Waals surface area contributed by atoms with Crippen molar-refractivity contribution in [3.63, 3.8) is 0 Å². The average Bonchev–Trinajstić information content (AvgIpc) is 2.62. The Morgan fingerprint density at radius 1 is 1.10 bits per heavy atom. The molecule has 1 aliphatic rings. The lowest BCUT2D eigenvalue weighted by Crippen LogP contribution is -2.65. The molecule has 7 nitrogen and oxygen atoms in total. The molecule has 0 amide bonds. The van der Waals surface area contributed by atoms with Crippen LogP contribution < -0.4 is 16.4 Å². The lowest BCUT2D eigenvalue weighted by Gasteiger charge is -2.41. The van der Waals surface area contributed by atoms with Crippen LogP contribution in [0.4, 0.5) is 27.6 Å². The predicted octanol–water partition coefficient (Wildman–Crippen LogP) is 3.25. The highest BCUT2D eigenvalue weighted by Gasteiger charge is 2.42. The van der Waals surface area contributed by atoms with Crippen molar-refractivity contribution in [3.05, 3.63) is 53.6 Å². The number of nitrogens with one attached hydrogen (secondary N) is 2. The normalized spacial score (nSPS) is 19.6. The van der Waals surface area contributed by atoms with Crippen molar-refractivity contribution in [3.8, 4) is 0 Å². The average molecular weight is 427 g/mol. The fourth-order valence-electron chi connectivity index (χ4n) is 2.43. The molecular weight excluding hydrogens is 409 g/mol. The monoisotopic (exact) mass is 427 g/mol. The number of guanidine groups is 1. The number of hydrogen-bond acceptors (Lipinski definition) is 7. The molecule has 3 rings (SSSR count). The van der Waals surface area contributed by atoms with Gasteiger partial charge in [0.25, 0.3) is 0 Å². The van der Waals surface area contributed by atoms with Gasteiger partial charge < -0.3 is 10.6 Å². The van der Waals surface area contributed by atoms with Gasteiger partial charge >= 0.3 is 6.18 Å². The highest BCUT2D eigenvalue weighted by Crippen LogP contribution is 2.31. The van der Waals surface area contributed by atoms with Crippen LogP contribution in [0.1, 0.15) is 32.2 Å². The number of aliphatic imine (C=N–C) groups is 2. The van der Waals surface area contributed by atoms with Crippen LogP contribution in [-0.2, 0) is 6.18 Å². The molecule has 1 aliphatic heterocycles. The van der Waals surface area contributed by atoms with E-state index in [0.29, 0.717) is 0 Å². The molecule has 2 aromatic rings. The maximum atomic E-state index is 14.3. The molecular formula is C18H18F5N7. The Hall–Kier alpha value is -3.15. The molecule has 1 atom stereocenters. The van der Waals surface area contributed by atoms with Gasteiger partial charge in [-0.15, -0.1) is 0 Å². The van der Waals surface area contributed by atoms with Gasteiger partial charge in [0, 0.05) is 17.3 Å². The Morgan fingerprint density at radius 3 is 2.43 bits per heavy atom. The fourth-order valence-corrected chi connectivity index (χ4v) is 2.43. The number of rotatable bonds is 2. The van der Waals surface area contributed by atoms with E-state index in [1.54, 1.807) is 20.8 Å². The third-order valence-corrected chi connectivity index (χ3v) is 4.30. The van der Waals surface area contributed by atoms with Crippen LogP contribution in [0.25, 0.3) is 0 Å². The van der Waals surface area contributed by atoms with Crippen molar-refractivity contribution in [2.75, 3.05) is 5.32 Å². The quantitative estimate of drug-likeness (QED) is 0.505. The largest absolute Gasteiger partial charge is 0.433 e. The maximum absolute atomic E-state index is 14.3. The molecule has 0 aromatic carbocycles. The third-order valence-electron chi connectivity index (χ3n) is 4.30. The summed E-state index contributed by atoms with van der Waals surface area (Å²) in [6, 6.07) is 3.74. The highest BCUT2D eigenvalue weighted by atomic mass is 19.4. The molecule has 0 bridgehead atoms. The standard InChI is InChI=1S/C18H18F5N7/c1-16(2,3)18(24)29-14(13-10(19)4-5-12(20)27-13)28-15(30-18)26-9-6-7-25-11(8-9)17(21,22)23/h4-8H,24H2,1-3H3,(H2,25,26,28,29,30). The van der Waals surface area contributed by atoms with Gasteiger partial charge in [0.15, 0.2) is 17.4 Å². The lowest BCUT2D eigenvalue weighted by molar-refractivity contribution is -0.141. The van der Waals surface area contributed by atoms with Crippen LogP contribution in [0.3, 0.4) is 0 Å². The fraction of sp³-hybridized carbons (Fsp3) is 0.333. The van der Waals surface area contributed by atoms with E-state index in [4.69, 9.17) is 5.73 Å². The summed E-state index contributed by atoms with van der Waals surface area (Å²) in [5, 5.41) is 5.36. The first kappa shape index (κ1) is 21.6. The molecule has 0 spiro atoms. The molecule has 3 heterocycles. The number of halogens is 5. The Kier molecular flexibility index (Phi) is 5.23. The topological polar surface area (TPSA) is 101 Å². The zero-order valence-electron chi connectivity index (χ0n) is 16.1. The Labute approximate surface area is 168 Å². The minimum Gasteiger partial charge on any atom is -0.331 e. The minimum atomic E-state index is -4.65. The summed E-state index contributed by atoms with van der Waals surface area (Å²) in [6.07, 6.45) is -3.69.